The van der Waals surface area contributed by atoms with Crippen LogP contribution in [0.5, 0.6) is 0 Å². The summed E-state index contributed by atoms with van der Waals surface area (Å²) in [4.78, 5) is 7.52. The highest BCUT2D eigenvalue weighted by Gasteiger charge is 2.19. The first-order valence-corrected chi connectivity index (χ1v) is 7.18. The van der Waals surface area contributed by atoms with E-state index in [0.717, 1.165) is 30.5 Å². The van der Waals surface area contributed by atoms with E-state index in [-0.39, 0.29) is 0 Å². The highest BCUT2D eigenvalue weighted by atomic mass is 32.2. The van der Waals surface area contributed by atoms with Crippen molar-refractivity contribution in [2.45, 2.75) is 11.6 Å². The Morgan fingerprint density at radius 1 is 1.41 bits per heavy atom. The van der Waals surface area contributed by atoms with Crippen molar-refractivity contribution >= 4 is 21.8 Å². The van der Waals surface area contributed by atoms with Gasteiger partial charge in [0.15, 0.2) is 5.16 Å². The van der Waals surface area contributed by atoms with E-state index in [0.29, 0.717) is 16.8 Å². The van der Waals surface area contributed by atoms with Crippen molar-refractivity contribution in [3.63, 3.8) is 0 Å². The van der Waals surface area contributed by atoms with Crippen LogP contribution in [0.15, 0.2) is 29.4 Å². The second-order valence-electron chi connectivity index (χ2n) is 4.43. The van der Waals surface area contributed by atoms with Crippen LogP contribution in [-0.2, 0) is 10.8 Å². The Kier molecular flexibility index (Phi) is 2.94. The number of nitrogens with one attached hydrogen (secondary N) is 2. The quantitative estimate of drug-likeness (QED) is 0.861. The fraction of sp³-hybridized carbons (Fsp3) is 0.417. The van der Waals surface area contributed by atoms with Gasteiger partial charge in [-0.1, -0.05) is 12.1 Å². The maximum atomic E-state index is 12.2. The molecule has 2 atom stereocenters. The minimum Gasteiger partial charge on any atom is -0.331 e. The number of imidazole rings is 1. The molecule has 0 amide bonds. The largest absolute Gasteiger partial charge is 0.331 e. The molecule has 1 saturated heterocycles. The first-order chi connectivity index (χ1) is 8.33. The van der Waals surface area contributed by atoms with Crippen molar-refractivity contribution in [2.75, 3.05) is 18.8 Å². The second-order valence-corrected chi connectivity index (χ2v) is 5.84. The molecule has 0 aliphatic carbocycles. The number of rotatable bonds is 3. The maximum Gasteiger partial charge on any atom is 0.197 e. The van der Waals surface area contributed by atoms with Crippen molar-refractivity contribution in [1.29, 1.82) is 0 Å². The predicted octanol–water partition coefficient (Wildman–Crippen LogP) is 1.28. The van der Waals surface area contributed by atoms with Gasteiger partial charge in [0.05, 0.1) is 21.8 Å². The van der Waals surface area contributed by atoms with Crippen LogP contribution in [0.3, 0.4) is 0 Å². The van der Waals surface area contributed by atoms with Crippen LogP contribution >= 0.6 is 0 Å². The van der Waals surface area contributed by atoms with Crippen LogP contribution in [0.4, 0.5) is 0 Å². The lowest BCUT2D eigenvalue weighted by Crippen LogP contribution is -2.15. The molecule has 17 heavy (non-hydrogen) atoms. The number of aromatic nitrogens is 2. The summed E-state index contributed by atoms with van der Waals surface area (Å²) in [5.74, 6) is 1.22. The molecule has 90 valence electrons. The Balaban J connectivity index is 1.80. The van der Waals surface area contributed by atoms with Gasteiger partial charge in [0.1, 0.15) is 0 Å². The molecular formula is C12H15N3OS. The first-order valence-electron chi connectivity index (χ1n) is 5.87. The van der Waals surface area contributed by atoms with Crippen LogP contribution in [0.25, 0.3) is 11.0 Å². The molecule has 1 aromatic carbocycles. The Hall–Kier alpha value is -1.20. The highest BCUT2D eigenvalue weighted by molar-refractivity contribution is 7.84. The lowest BCUT2D eigenvalue weighted by Gasteiger charge is -2.05. The third-order valence-corrected chi connectivity index (χ3v) is 4.53. The Morgan fingerprint density at radius 3 is 3.06 bits per heavy atom. The van der Waals surface area contributed by atoms with Crippen LogP contribution in [-0.4, -0.2) is 33.0 Å². The lowest BCUT2D eigenvalue weighted by atomic mass is 10.2. The van der Waals surface area contributed by atoms with E-state index in [1.54, 1.807) is 0 Å². The zero-order valence-corrected chi connectivity index (χ0v) is 10.3. The van der Waals surface area contributed by atoms with Gasteiger partial charge >= 0.3 is 0 Å². The minimum atomic E-state index is -1.01. The van der Waals surface area contributed by atoms with E-state index in [2.05, 4.69) is 15.3 Å². The minimum absolute atomic E-state index is 0.518. The Morgan fingerprint density at radius 2 is 2.29 bits per heavy atom. The number of nitrogens with zero attached hydrogens (tertiary/aromatic N) is 1. The summed E-state index contributed by atoms with van der Waals surface area (Å²) in [6.07, 6.45) is 1.12. The van der Waals surface area contributed by atoms with Gasteiger partial charge < -0.3 is 10.3 Å². The fourth-order valence-corrected chi connectivity index (χ4v) is 3.48. The van der Waals surface area contributed by atoms with Gasteiger partial charge in [0.2, 0.25) is 0 Å². The molecule has 0 bridgehead atoms. The summed E-state index contributed by atoms with van der Waals surface area (Å²) in [6.45, 7) is 2.02. The van der Waals surface area contributed by atoms with Gasteiger partial charge in [-0.2, -0.15) is 0 Å². The van der Waals surface area contributed by atoms with E-state index >= 15 is 0 Å². The monoisotopic (exact) mass is 249 g/mol. The summed E-state index contributed by atoms with van der Waals surface area (Å²) < 4.78 is 12.2. The van der Waals surface area contributed by atoms with Crippen molar-refractivity contribution in [3.8, 4) is 0 Å². The molecule has 3 rings (SSSR count). The topological polar surface area (TPSA) is 57.8 Å². The number of benzene rings is 1. The van der Waals surface area contributed by atoms with Crippen LogP contribution in [0, 0.1) is 5.92 Å². The smallest absolute Gasteiger partial charge is 0.197 e. The van der Waals surface area contributed by atoms with E-state index < -0.39 is 10.8 Å². The standard InChI is InChI=1S/C12H15N3OS/c16-17(8-9-5-6-13-7-9)12-14-10-3-1-2-4-11(10)15-12/h1-4,9,13H,5-8H2,(H,14,15). The first kappa shape index (κ1) is 10.9. The van der Waals surface area contributed by atoms with Gasteiger partial charge in [-0.15, -0.1) is 0 Å². The van der Waals surface area contributed by atoms with Gasteiger partial charge in [0, 0.05) is 5.75 Å². The Labute approximate surface area is 102 Å². The van der Waals surface area contributed by atoms with Gasteiger partial charge in [0.25, 0.3) is 0 Å². The molecule has 1 aliphatic heterocycles. The molecule has 2 unspecified atom stereocenters. The van der Waals surface area contributed by atoms with E-state index in [4.69, 9.17) is 0 Å². The van der Waals surface area contributed by atoms with E-state index in [1.807, 2.05) is 24.3 Å². The van der Waals surface area contributed by atoms with Gasteiger partial charge in [-0.05, 0) is 37.6 Å². The van der Waals surface area contributed by atoms with Crippen molar-refractivity contribution < 1.29 is 4.21 Å². The third kappa shape index (κ3) is 2.25. The summed E-state index contributed by atoms with van der Waals surface area (Å²) >= 11 is 0. The lowest BCUT2D eigenvalue weighted by molar-refractivity contribution is 0.629. The molecule has 0 radical (unpaired) electrons. The highest BCUT2D eigenvalue weighted by Crippen LogP contribution is 2.16. The Bertz CT molecular complexity index is 512. The number of hydrogen-bond acceptors (Lipinski definition) is 3. The molecule has 2 N–H and O–H groups in total. The maximum absolute atomic E-state index is 12.2. The molecule has 0 spiro atoms. The second kappa shape index (κ2) is 4.58. The molecular weight excluding hydrogens is 234 g/mol. The van der Waals surface area contributed by atoms with Crippen molar-refractivity contribution in [2.24, 2.45) is 5.92 Å². The van der Waals surface area contributed by atoms with Gasteiger partial charge in [-0.25, -0.2) is 4.98 Å². The number of H-pyrrole nitrogens is 1. The average Bonchev–Trinajstić information content (AvgIpc) is 2.96. The molecule has 1 aromatic heterocycles. The van der Waals surface area contributed by atoms with E-state index in [1.165, 1.54) is 0 Å². The predicted molar refractivity (Wildman–Crippen MR) is 68.3 cm³/mol. The van der Waals surface area contributed by atoms with E-state index in [9.17, 15) is 4.21 Å². The molecule has 1 fully saturated rings. The summed E-state index contributed by atoms with van der Waals surface area (Å²) in [5.41, 5.74) is 1.85. The van der Waals surface area contributed by atoms with Crippen LogP contribution < -0.4 is 5.32 Å². The number of aromatic amines is 1. The molecule has 2 aromatic rings. The van der Waals surface area contributed by atoms with Crippen LogP contribution in [0.2, 0.25) is 0 Å². The molecule has 4 nitrogen and oxygen atoms in total. The third-order valence-electron chi connectivity index (χ3n) is 3.13. The molecule has 2 heterocycles. The van der Waals surface area contributed by atoms with Crippen molar-refractivity contribution in [3.05, 3.63) is 24.3 Å². The molecule has 0 saturated carbocycles. The zero-order chi connectivity index (χ0) is 11.7. The number of fused-ring (bicyclic) bond motifs is 1. The number of hydrogen-bond donors (Lipinski definition) is 2. The zero-order valence-electron chi connectivity index (χ0n) is 9.48. The SMILES string of the molecule is O=S(CC1CCNC1)c1nc2ccccc2[nH]1. The van der Waals surface area contributed by atoms with Gasteiger partial charge in [-0.3, -0.25) is 4.21 Å². The summed E-state index contributed by atoms with van der Waals surface area (Å²) in [6, 6.07) is 7.79. The molecule has 5 heteroatoms. The summed E-state index contributed by atoms with van der Waals surface area (Å²) in [7, 11) is -1.01. The van der Waals surface area contributed by atoms with Crippen molar-refractivity contribution in [1.82, 2.24) is 15.3 Å². The number of para-hydroxylation sites is 2. The van der Waals surface area contributed by atoms with Crippen LogP contribution in [0.1, 0.15) is 6.42 Å². The molecule has 1 aliphatic rings. The average molecular weight is 249 g/mol. The fourth-order valence-electron chi connectivity index (χ4n) is 2.19. The normalized spacial score (nSPS) is 22.0. The summed E-state index contributed by atoms with van der Waals surface area (Å²) in [5, 5.41) is 3.90.